The highest BCUT2D eigenvalue weighted by atomic mass is 35.5. The maximum Gasteiger partial charge on any atom is 0.155 e. The van der Waals surface area contributed by atoms with Crippen molar-refractivity contribution >= 4 is 23.2 Å². The summed E-state index contributed by atoms with van der Waals surface area (Å²) in [5, 5.41) is 10.9. The number of halogens is 1. The third-order valence-corrected chi connectivity index (χ3v) is 9.27. The Balaban J connectivity index is 1.84. The van der Waals surface area contributed by atoms with Crippen molar-refractivity contribution in [1.82, 2.24) is 0 Å². The zero-order chi connectivity index (χ0) is 17.5. The van der Waals surface area contributed by atoms with Gasteiger partial charge in [0.2, 0.25) is 0 Å². The second-order valence-corrected chi connectivity index (χ2v) is 9.86. The van der Waals surface area contributed by atoms with E-state index in [0.717, 1.165) is 31.3 Å². The smallest absolute Gasteiger partial charge is 0.155 e. The summed E-state index contributed by atoms with van der Waals surface area (Å²) in [5.41, 5.74) is -0.523. The molecule has 0 unspecified atom stereocenters. The number of allylic oxidation sites excluding steroid dienone is 1. The first-order valence-corrected chi connectivity index (χ1v) is 9.62. The van der Waals surface area contributed by atoms with Gasteiger partial charge in [0.1, 0.15) is 4.87 Å². The number of aliphatic hydroxyl groups is 1. The fraction of sp³-hybridized carbons (Fsp3) is 0.800. The molecule has 1 N–H and O–H groups in total. The van der Waals surface area contributed by atoms with Crippen LogP contribution in [0.2, 0.25) is 0 Å². The number of ketones is 2. The molecule has 0 spiro atoms. The minimum Gasteiger partial charge on any atom is -0.390 e. The van der Waals surface area contributed by atoms with Gasteiger partial charge in [-0.2, -0.15) is 0 Å². The van der Waals surface area contributed by atoms with E-state index in [1.807, 2.05) is 6.92 Å². The van der Waals surface area contributed by atoms with E-state index >= 15 is 0 Å². The van der Waals surface area contributed by atoms with Gasteiger partial charge < -0.3 is 5.11 Å². The molecule has 3 saturated carbocycles. The predicted octanol–water partition coefficient (Wildman–Crippen LogP) is 3.81. The molecule has 0 bridgehead atoms. The molecule has 0 aromatic heterocycles. The Morgan fingerprint density at radius 2 is 1.79 bits per heavy atom. The molecule has 4 heteroatoms. The molecular formula is C20H27ClO3. The first kappa shape index (κ1) is 16.8. The molecule has 0 aliphatic heterocycles. The number of carbonyl (C=O) groups excluding carboxylic acids is 2. The second kappa shape index (κ2) is 4.73. The number of fused-ring (bicyclic) bond motifs is 5. The number of hydrogen-bond acceptors (Lipinski definition) is 3. The van der Waals surface area contributed by atoms with Gasteiger partial charge in [0.15, 0.2) is 11.6 Å². The van der Waals surface area contributed by atoms with Crippen LogP contribution in [0.3, 0.4) is 0 Å². The highest BCUT2D eigenvalue weighted by Gasteiger charge is 2.71. The molecule has 24 heavy (non-hydrogen) atoms. The predicted molar refractivity (Wildman–Crippen MR) is 92.8 cm³/mol. The van der Waals surface area contributed by atoms with Crippen molar-refractivity contribution in [3.8, 4) is 0 Å². The minimum atomic E-state index is -0.914. The molecule has 4 aliphatic rings. The highest BCUT2D eigenvalue weighted by molar-refractivity contribution is 6.37. The van der Waals surface area contributed by atoms with Crippen LogP contribution in [-0.2, 0) is 9.59 Å². The van der Waals surface area contributed by atoms with Gasteiger partial charge >= 0.3 is 0 Å². The van der Waals surface area contributed by atoms with Crippen LogP contribution in [-0.4, -0.2) is 27.1 Å². The fourth-order valence-electron chi connectivity index (χ4n) is 6.50. The molecule has 4 aliphatic carbocycles. The van der Waals surface area contributed by atoms with Crippen LogP contribution in [0.1, 0.15) is 65.7 Å². The van der Waals surface area contributed by atoms with Crippen molar-refractivity contribution in [2.24, 2.45) is 22.7 Å². The molecule has 6 atom stereocenters. The number of alkyl halides is 1. The quantitative estimate of drug-likeness (QED) is 0.676. The Hall–Kier alpha value is -0.670. The van der Waals surface area contributed by atoms with E-state index in [1.54, 1.807) is 6.08 Å². The number of Topliss-reactive ketones (excluding diaryl/α,β-unsaturated/α-hetero) is 1. The third kappa shape index (κ3) is 1.73. The van der Waals surface area contributed by atoms with Gasteiger partial charge in [0.25, 0.3) is 0 Å². The fourth-order valence-corrected chi connectivity index (χ4v) is 7.05. The Morgan fingerprint density at radius 3 is 2.50 bits per heavy atom. The standard InChI is InChI=1S/C20H27ClO3/c1-17-8-6-13(22)10-12(17)4-5-15-14-7-9-19(3,24)18(14,2)11-16(23)20(15,17)21/h10,14-15,24H,4-9,11H2,1-3H3/t14-,15-,17-,18-,19+,20-/m0/s1. The van der Waals surface area contributed by atoms with Crippen LogP contribution in [0.5, 0.6) is 0 Å². The SMILES string of the molecule is C[C@]12CCC(=O)C=C1CC[C@H]1[C@@H]3CC[C@@](C)(O)[C@@]3(C)CC(=O)[C@@]12Cl. The van der Waals surface area contributed by atoms with Gasteiger partial charge in [-0.3, -0.25) is 9.59 Å². The maximum atomic E-state index is 13.4. The van der Waals surface area contributed by atoms with Crippen molar-refractivity contribution in [2.75, 3.05) is 0 Å². The van der Waals surface area contributed by atoms with E-state index < -0.39 is 15.9 Å². The molecule has 0 radical (unpaired) electrons. The lowest BCUT2D eigenvalue weighted by Crippen LogP contribution is -2.66. The Kier molecular flexibility index (Phi) is 3.31. The average molecular weight is 351 g/mol. The summed E-state index contributed by atoms with van der Waals surface area (Å²) in [5.74, 6) is 0.615. The zero-order valence-corrected chi connectivity index (χ0v) is 15.6. The van der Waals surface area contributed by atoms with Gasteiger partial charge in [0, 0.05) is 23.7 Å². The summed E-state index contributed by atoms with van der Waals surface area (Å²) < 4.78 is 0. The van der Waals surface area contributed by atoms with Crippen LogP contribution in [0.15, 0.2) is 11.6 Å². The van der Waals surface area contributed by atoms with Crippen LogP contribution in [0.25, 0.3) is 0 Å². The minimum absolute atomic E-state index is 0.0811. The maximum absolute atomic E-state index is 13.4. The van der Waals surface area contributed by atoms with Crippen LogP contribution < -0.4 is 0 Å². The van der Waals surface area contributed by atoms with Crippen LogP contribution >= 0.6 is 11.6 Å². The zero-order valence-electron chi connectivity index (χ0n) is 14.8. The summed E-state index contributed by atoms with van der Waals surface area (Å²) in [4.78, 5) is 24.3. The lowest BCUT2D eigenvalue weighted by atomic mass is 9.45. The summed E-state index contributed by atoms with van der Waals surface area (Å²) in [6, 6.07) is 0. The van der Waals surface area contributed by atoms with Crippen molar-refractivity contribution in [1.29, 1.82) is 0 Å². The van der Waals surface area contributed by atoms with E-state index in [9.17, 15) is 14.7 Å². The molecule has 0 amide bonds. The summed E-state index contributed by atoms with van der Waals surface area (Å²) in [6.07, 6.45) is 6.63. The van der Waals surface area contributed by atoms with Gasteiger partial charge in [-0.15, -0.1) is 11.6 Å². The number of rotatable bonds is 0. The van der Waals surface area contributed by atoms with Crippen molar-refractivity contribution < 1.29 is 14.7 Å². The third-order valence-electron chi connectivity index (χ3n) is 8.36. The normalized spacial score (nSPS) is 54.0. The average Bonchev–Trinajstić information content (AvgIpc) is 2.72. The first-order valence-electron chi connectivity index (χ1n) is 9.25. The van der Waals surface area contributed by atoms with Gasteiger partial charge in [-0.25, -0.2) is 0 Å². The van der Waals surface area contributed by atoms with E-state index in [-0.39, 0.29) is 28.8 Å². The second-order valence-electron chi connectivity index (χ2n) is 9.26. The van der Waals surface area contributed by atoms with Gasteiger partial charge in [0.05, 0.1) is 5.60 Å². The molecule has 4 rings (SSSR count). The van der Waals surface area contributed by atoms with Gasteiger partial charge in [-0.05, 0) is 56.9 Å². The van der Waals surface area contributed by atoms with Crippen molar-refractivity contribution in [3.63, 3.8) is 0 Å². The molecule has 0 aromatic rings. The van der Waals surface area contributed by atoms with Gasteiger partial charge in [-0.1, -0.05) is 19.4 Å². The molecular weight excluding hydrogens is 324 g/mol. The Labute approximate surface area is 148 Å². The number of carbonyl (C=O) groups is 2. The topological polar surface area (TPSA) is 54.4 Å². The summed E-state index contributed by atoms with van der Waals surface area (Å²) in [6.45, 7) is 6.06. The van der Waals surface area contributed by atoms with Crippen molar-refractivity contribution in [3.05, 3.63) is 11.6 Å². The number of hydrogen-bond donors (Lipinski definition) is 1. The molecule has 0 heterocycles. The van der Waals surface area contributed by atoms with E-state index in [2.05, 4.69) is 13.8 Å². The monoisotopic (exact) mass is 350 g/mol. The molecule has 132 valence electrons. The molecule has 0 aromatic carbocycles. The Bertz CT molecular complexity index is 666. The van der Waals surface area contributed by atoms with E-state index in [0.29, 0.717) is 19.3 Å². The van der Waals surface area contributed by atoms with Crippen LogP contribution in [0, 0.1) is 22.7 Å². The van der Waals surface area contributed by atoms with E-state index in [4.69, 9.17) is 11.6 Å². The Morgan fingerprint density at radius 1 is 1.08 bits per heavy atom. The lowest BCUT2D eigenvalue weighted by Gasteiger charge is -2.61. The van der Waals surface area contributed by atoms with Crippen LogP contribution in [0.4, 0.5) is 0 Å². The molecule has 3 nitrogen and oxygen atoms in total. The summed E-state index contributed by atoms with van der Waals surface area (Å²) >= 11 is 7.23. The summed E-state index contributed by atoms with van der Waals surface area (Å²) in [7, 11) is 0. The van der Waals surface area contributed by atoms with E-state index in [1.165, 1.54) is 0 Å². The van der Waals surface area contributed by atoms with Crippen molar-refractivity contribution in [2.45, 2.75) is 76.2 Å². The highest BCUT2D eigenvalue weighted by Crippen LogP contribution is 2.69. The molecule has 3 fully saturated rings. The largest absolute Gasteiger partial charge is 0.390 e. The molecule has 0 saturated heterocycles. The lowest BCUT2D eigenvalue weighted by molar-refractivity contribution is -0.153. The first-order chi connectivity index (χ1) is 11.1.